The Morgan fingerprint density at radius 3 is 2.38 bits per heavy atom. The first kappa shape index (κ1) is 13.6. The number of halogens is 1. The van der Waals surface area contributed by atoms with Crippen molar-refractivity contribution in [3.05, 3.63) is 5.01 Å². The number of hydrogen-bond donors (Lipinski definition) is 1. The zero-order valence-electron chi connectivity index (χ0n) is 9.82. The van der Waals surface area contributed by atoms with Crippen molar-refractivity contribution in [3.63, 3.8) is 0 Å². The number of aromatic nitrogens is 2. The summed E-state index contributed by atoms with van der Waals surface area (Å²) in [5.41, 5.74) is 0. The summed E-state index contributed by atoms with van der Waals surface area (Å²) in [6.45, 7) is 8.07. The summed E-state index contributed by atoms with van der Waals surface area (Å²) >= 11 is 4.77. The molecule has 6 heteroatoms. The number of anilines is 1. The van der Waals surface area contributed by atoms with Gasteiger partial charge in [-0.15, -0.1) is 10.2 Å². The highest BCUT2D eigenvalue weighted by molar-refractivity contribution is 9.10. The van der Waals surface area contributed by atoms with E-state index < -0.39 is 0 Å². The molecule has 4 nitrogen and oxygen atoms in total. The number of rotatable bonds is 4. The van der Waals surface area contributed by atoms with Gasteiger partial charge in [0.25, 0.3) is 0 Å². The second-order valence-electron chi connectivity index (χ2n) is 4.24. The van der Waals surface area contributed by atoms with Gasteiger partial charge < -0.3 is 0 Å². The summed E-state index contributed by atoms with van der Waals surface area (Å²) in [5, 5.41) is 12.2. The molecule has 0 bridgehead atoms. The largest absolute Gasteiger partial charge is 0.300 e. The minimum atomic E-state index is -0.195. The van der Waals surface area contributed by atoms with E-state index in [1.165, 1.54) is 11.3 Å². The molecule has 16 heavy (non-hydrogen) atoms. The Balaban J connectivity index is 2.63. The first-order chi connectivity index (χ1) is 7.41. The molecule has 0 spiro atoms. The number of alkyl halides is 1. The van der Waals surface area contributed by atoms with Gasteiger partial charge in [-0.3, -0.25) is 10.1 Å². The third-order valence-corrected chi connectivity index (χ3v) is 4.61. The highest BCUT2D eigenvalue weighted by Gasteiger charge is 2.20. The predicted octanol–water partition coefficient (Wildman–Crippen LogP) is 3.02. The van der Waals surface area contributed by atoms with Gasteiger partial charge in [0.15, 0.2) is 0 Å². The maximum Gasteiger partial charge on any atom is 0.240 e. The summed E-state index contributed by atoms with van der Waals surface area (Å²) < 4.78 is 0. The van der Waals surface area contributed by atoms with Crippen molar-refractivity contribution in [1.82, 2.24) is 10.2 Å². The van der Waals surface area contributed by atoms with Crippen molar-refractivity contribution in [3.8, 4) is 0 Å². The van der Waals surface area contributed by atoms with Crippen molar-refractivity contribution in [2.24, 2.45) is 5.92 Å². The van der Waals surface area contributed by atoms with Gasteiger partial charge in [-0.2, -0.15) is 0 Å². The van der Waals surface area contributed by atoms with Crippen LogP contribution in [0.15, 0.2) is 0 Å². The average molecular weight is 306 g/mol. The Morgan fingerprint density at radius 1 is 1.31 bits per heavy atom. The minimum absolute atomic E-state index is 0.0681. The fourth-order valence-corrected chi connectivity index (χ4v) is 1.86. The molecular weight excluding hydrogens is 290 g/mol. The van der Waals surface area contributed by atoms with Crippen LogP contribution in [0, 0.1) is 5.92 Å². The van der Waals surface area contributed by atoms with Crippen LogP contribution in [0.5, 0.6) is 0 Å². The summed E-state index contributed by atoms with van der Waals surface area (Å²) in [6, 6.07) is 0. The molecular formula is C10H16BrN3OS. The van der Waals surface area contributed by atoms with Crippen LogP contribution >= 0.6 is 27.3 Å². The van der Waals surface area contributed by atoms with Crippen LogP contribution in [0.4, 0.5) is 5.13 Å². The Bertz CT molecular complexity index is 365. The van der Waals surface area contributed by atoms with Gasteiger partial charge in [-0.25, -0.2) is 0 Å². The van der Waals surface area contributed by atoms with Crippen molar-refractivity contribution >= 4 is 38.3 Å². The van der Waals surface area contributed by atoms with Crippen molar-refractivity contribution in [1.29, 1.82) is 0 Å². The third kappa shape index (κ3) is 3.52. The lowest BCUT2D eigenvalue weighted by atomic mass is 10.1. The van der Waals surface area contributed by atoms with Gasteiger partial charge in [-0.05, 0) is 5.92 Å². The van der Waals surface area contributed by atoms with E-state index >= 15 is 0 Å². The topological polar surface area (TPSA) is 54.9 Å². The number of carbonyl (C=O) groups is 1. The van der Waals surface area contributed by atoms with E-state index in [2.05, 4.69) is 31.4 Å². The van der Waals surface area contributed by atoms with Gasteiger partial charge in [0.2, 0.25) is 11.0 Å². The fourth-order valence-electron chi connectivity index (χ4n) is 0.995. The zero-order chi connectivity index (χ0) is 12.3. The Hall–Kier alpha value is -0.490. The van der Waals surface area contributed by atoms with Crippen LogP contribution < -0.4 is 5.32 Å². The van der Waals surface area contributed by atoms with Gasteiger partial charge in [0.1, 0.15) is 5.01 Å². The molecule has 0 saturated carbocycles. The van der Waals surface area contributed by atoms with E-state index in [0.29, 0.717) is 11.0 Å². The molecule has 0 aliphatic carbocycles. The number of amides is 1. The van der Waals surface area contributed by atoms with Gasteiger partial charge in [0, 0.05) is 5.92 Å². The van der Waals surface area contributed by atoms with Crippen molar-refractivity contribution in [2.75, 3.05) is 5.32 Å². The fraction of sp³-hybridized carbons (Fsp3) is 0.700. The number of hydrogen-bond acceptors (Lipinski definition) is 4. The molecule has 1 rings (SSSR count). The maximum atomic E-state index is 11.7. The number of nitrogens with one attached hydrogen (secondary N) is 1. The average Bonchev–Trinajstić information content (AvgIpc) is 2.64. The smallest absolute Gasteiger partial charge is 0.240 e. The van der Waals surface area contributed by atoms with E-state index in [0.717, 1.165) is 5.01 Å². The zero-order valence-corrected chi connectivity index (χ0v) is 12.2. The molecule has 0 radical (unpaired) electrons. The third-order valence-electron chi connectivity index (χ3n) is 2.00. The second-order valence-corrected chi connectivity index (χ2v) is 6.23. The molecule has 1 heterocycles. The Labute approximate surface area is 108 Å². The molecule has 1 amide bonds. The normalized spacial score (nSPS) is 13.2. The minimum Gasteiger partial charge on any atom is -0.300 e. The van der Waals surface area contributed by atoms with Gasteiger partial charge >= 0.3 is 0 Å². The molecule has 1 aromatic rings. The Kier molecular flexibility index (Phi) is 4.86. The van der Waals surface area contributed by atoms with Crippen LogP contribution in [0.25, 0.3) is 0 Å². The molecule has 0 aromatic carbocycles. The highest BCUT2D eigenvalue weighted by atomic mass is 79.9. The van der Waals surface area contributed by atoms with Crippen LogP contribution in [0.2, 0.25) is 0 Å². The lowest BCUT2D eigenvalue weighted by Gasteiger charge is -2.11. The summed E-state index contributed by atoms with van der Waals surface area (Å²) in [7, 11) is 0. The van der Waals surface area contributed by atoms with Crippen LogP contribution in [0.3, 0.4) is 0 Å². The highest BCUT2D eigenvalue weighted by Crippen LogP contribution is 2.23. The first-order valence-electron chi connectivity index (χ1n) is 5.20. The van der Waals surface area contributed by atoms with Crippen LogP contribution in [0.1, 0.15) is 38.6 Å². The predicted molar refractivity (Wildman–Crippen MR) is 70.2 cm³/mol. The van der Waals surface area contributed by atoms with E-state index in [4.69, 9.17) is 0 Å². The molecule has 90 valence electrons. The Morgan fingerprint density at radius 2 is 1.94 bits per heavy atom. The molecule has 1 N–H and O–H groups in total. The van der Waals surface area contributed by atoms with E-state index in [9.17, 15) is 4.79 Å². The second kappa shape index (κ2) is 5.72. The number of carbonyl (C=O) groups excluding carboxylic acids is 1. The summed E-state index contributed by atoms with van der Waals surface area (Å²) in [6.07, 6.45) is 0. The maximum absolute atomic E-state index is 11.7. The monoisotopic (exact) mass is 305 g/mol. The molecule has 0 aliphatic heterocycles. The van der Waals surface area contributed by atoms with Crippen LogP contribution in [-0.2, 0) is 4.79 Å². The number of nitrogens with zero attached hydrogens (tertiary/aromatic N) is 2. The molecule has 0 fully saturated rings. The molecule has 0 saturated heterocycles. The summed E-state index contributed by atoms with van der Waals surface area (Å²) in [4.78, 5) is 11.5. The lowest BCUT2D eigenvalue weighted by molar-refractivity contribution is -0.116. The molecule has 1 atom stereocenters. The molecule has 1 aromatic heterocycles. The summed E-state index contributed by atoms with van der Waals surface area (Å²) in [5.74, 6) is 0.520. The van der Waals surface area contributed by atoms with Gasteiger partial charge in [0.05, 0.1) is 4.83 Å². The molecule has 0 aliphatic rings. The van der Waals surface area contributed by atoms with E-state index in [-0.39, 0.29) is 16.7 Å². The SMILES string of the molecule is CC(C)c1nnc(NC(=O)[C@H](Br)C(C)C)s1. The first-order valence-corrected chi connectivity index (χ1v) is 6.93. The van der Waals surface area contributed by atoms with E-state index in [1.54, 1.807) is 0 Å². The quantitative estimate of drug-likeness (QED) is 0.870. The lowest BCUT2D eigenvalue weighted by Crippen LogP contribution is -2.26. The van der Waals surface area contributed by atoms with E-state index in [1.807, 2.05) is 27.7 Å². The van der Waals surface area contributed by atoms with Gasteiger partial charge in [-0.1, -0.05) is 55.0 Å². The van der Waals surface area contributed by atoms with Crippen molar-refractivity contribution < 1.29 is 4.79 Å². The van der Waals surface area contributed by atoms with Crippen molar-refractivity contribution in [2.45, 2.75) is 38.4 Å². The van der Waals surface area contributed by atoms with Crippen LogP contribution in [-0.4, -0.2) is 20.9 Å². The molecule has 0 unspecified atom stereocenters. The standard InChI is InChI=1S/C10H16BrN3OS/c1-5(2)7(11)8(15)12-10-14-13-9(16-10)6(3)4/h5-7H,1-4H3,(H,12,14,15)/t7-/m1/s1.